The van der Waals surface area contributed by atoms with Gasteiger partial charge in [-0.1, -0.05) is 72.8 Å². The van der Waals surface area contributed by atoms with Gasteiger partial charge in [-0.2, -0.15) is 0 Å². The molecule has 5 rings (SSSR count). The molecule has 0 radical (unpaired) electrons. The van der Waals surface area contributed by atoms with E-state index in [2.05, 4.69) is 15.6 Å². The number of aliphatic carboxylic acids is 1. The van der Waals surface area contributed by atoms with E-state index in [4.69, 9.17) is 15.2 Å². The molecular weight excluding hydrogens is 718 g/mol. The van der Waals surface area contributed by atoms with Gasteiger partial charge in [0.1, 0.15) is 23.4 Å². The summed E-state index contributed by atoms with van der Waals surface area (Å²) in [6.45, 7) is 4.88. The Morgan fingerprint density at radius 2 is 1.50 bits per heavy atom. The second-order valence-electron chi connectivity index (χ2n) is 14.3. The molecule has 0 spiro atoms. The van der Waals surface area contributed by atoms with Crippen molar-refractivity contribution in [3.8, 4) is 5.75 Å². The molecule has 1 heterocycles. The number of nitrogens with zero attached hydrogens (tertiary/aromatic N) is 1. The van der Waals surface area contributed by atoms with E-state index in [-0.39, 0.29) is 12.8 Å². The van der Waals surface area contributed by atoms with Crippen LogP contribution in [0.2, 0.25) is 0 Å². The number of methoxy groups -OCH3 is 1. The normalized spacial score (nSPS) is 12.9. The number of carbonyl (C=O) groups is 6. The smallest absolute Gasteiger partial charge is 0.408 e. The van der Waals surface area contributed by atoms with Gasteiger partial charge in [0.15, 0.2) is 0 Å². The number of alkyl carbamates (subject to hydrolysis) is 1. The number of amides is 5. The fourth-order valence-electron chi connectivity index (χ4n) is 6.24. The summed E-state index contributed by atoms with van der Waals surface area (Å²) >= 11 is 0. The van der Waals surface area contributed by atoms with Crippen LogP contribution in [0.25, 0.3) is 21.7 Å². The minimum Gasteiger partial charge on any atom is -0.497 e. The third kappa shape index (κ3) is 10.6. The van der Waals surface area contributed by atoms with E-state index in [1.807, 2.05) is 48.5 Å². The maximum absolute atomic E-state index is 14.7. The number of carboxylic acids is 1. The Bertz CT molecular complexity index is 2260. The first-order chi connectivity index (χ1) is 26.6. The molecule has 1 aromatic heterocycles. The Morgan fingerprint density at radius 3 is 2.21 bits per heavy atom. The minimum atomic E-state index is -1.91. The second-order valence-corrected chi connectivity index (χ2v) is 14.3. The lowest BCUT2D eigenvalue weighted by Crippen LogP contribution is -2.60. The van der Waals surface area contributed by atoms with Crippen LogP contribution in [-0.4, -0.2) is 81.5 Å². The molecule has 0 unspecified atom stereocenters. The van der Waals surface area contributed by atoms with Crippen LogP contribution >= 0.6 is 0 Å². The van der Waals surface area contributed by atoms with E-state index < -0.39 is 72.3 Å². The van der Waals surface area contributed by atoms with Gasteiger partial charge in [0.25, 0.3) is 11.8 Å². The van der Waals surface area contributed by atoms with Crippen LogP contribution < -0.4 is 21.1 Å². The average molecular weight is 764 g/mol. The predicted molar refractivity (Wildman–Crippen MR) is 209 cm³/mol. The van der Waals surface area contributed by atoms with Crippen LogP contribution in [0, 0.1) is 0 Å². The van der Waals surface area contributed by atoms with Gasteiger partial charge in [-0.15, -0.1) is 0 Å². The molecular formula is C42H45N5O9. The lowest BCUT2D eigenvalue weighted by atomic mass is 10.0. The molecule has 0 saturated carbocycles. The van der Waals surface area contributed by atoms with E-state index in [9.17, 15) is 33.9 Å². The SMILES string of the molecule is COc1cccc(CC(=O)N(C(=O)[C@H](Cc2c[nH]c3ccccc23)NC(=O)OC(C)(C)C)C(=O)[C@H](CC(=O)O)NC(=O)[C@@H](N)Cc2ccc3ccccc3c2)c1. The number of aromatic amines is 1. The first kappa shape index (κ1) is 40.6. The van der Waals surface area contributed by atoms with E-state index in [1.165, 1.54) is 13.2 Å². The van der Waals surface area contributed by atoms with Crippen LogP contribution in [0.5, 0.6) is 5.75 Å². The second kappa shape index (κ2) is 17.7. The van der Waals surface area contributed by atoms with E-state index >= 15 is 0 Å². The predicted octanol–water partition coefficient (Wildman–Crippen LogP) is 4.42. The molecule has 0 saturated heterocycles. The molecule has 0 aliphatic heterocycles. The van der Waals surface area contributed by atoms with Crippen LogP contribution in [0.3, 0.4) is 0 Å². The highest BCUT2D eigenvalue weighted by Gasteiger charge is 2.40. The maximum atomic E-state index is 14.7. The van der Waals surface area contributed by atoms with Gasteiger partial charge in [-0.3, -0.25) is 24.0 Å². The highest BCUT2D eigenvalue weighted by molar-refractivity contribution is 6.15. The van der Waals surface area contributed by atoms with Gasteiger partial charge in [-0.05, 0) is 72.9 Å². The minimum absolute atomic E-state index is 0.0363. The molecule has 5 aromatic rings. The summed E-state index contributed by atoms with van der Waals surface area (Å²) in [5.74, 6) is -5.53. The Labute approximate surface area is 323 Å². The number of aromatic nitrogens is 1. The zero-order chi connectivity index (χ0) is 40.6. The van der Waals surface area contributed by atoms with Gasteiger partial charge in [-0.25, -0.2) is 9.69 Å². The molecule has 56 heavy (non-hydrogen) atoms. The van der Waals surface area contributed by atoms with E-state index in [0.717, 1.165) is 16.3 Å². The van der Waals surface area contributed by atoms with Crippen molar-refractivity contribution in [3.05, 3.63) is 114 Å². The lowest BCUT2D eigenvalue weighted by molar-refractivity contribution is -0.158. The third-order valence-electron chi connectivity index (χ3n) is 8.87. The monoisotopic (exact) mass is 763 g/mol. The van der Waals surface area contributed by atoms with Crippen molar-refractivity contribution < 1.29 is 43.3 Å². The molecule has 14 heteroatoms. The molecule has 0 aliphatic carbocycles. The molecule has 0 fully saturated rings. The molecule has 14 nitrogen and oxygen atoms in total. The number of carboxylic acid groups (broad SMARTS) is 1. The van der Waals surface area contributed by atoms with Gasteiger partial charge in [0.2, 0.25) is 11.8 Å². The molecule has 4 aromatic carbocycles. The number of H-pyrrole nitrogens is 1. The lowest BCUT2D eigenvalue weighted by Gasteiger charge is -2.29. The van der Waals surface area contributed by atoms with E-state index in [1.54, 1.807) is 63.4 Å². The number of hydrogen-bond acceptors (Lipinski definition) is 9. The number of fused-ring (bicyclic) bond motifs is 2. The van der Waals surface area contributed by atoms with Crippen molar-refractivity contribution in [1.29, 1.82) is 0 Å². The number of hydrogen-bond donors (Lipinski definition) is 5. The topological polar surface area (TPSA) is 210 Å². The van der Waals surface area contributed by atoms with Gasteiger partial charge < -0.3 is 35.9 Å². The van der Waals surface area contributed by atoms with Gasteiger partial charge in [0, 0.05) is 23.5 Å². The summed E-state index contributed by atoms with van der Waals surface area (Å²) in [5, 5.41) is 17.4. The maximum Gasteiger partial charge on any atom is 0.408 e. The fourth-order valence-corrected chi connectivity index (χ4v) is 6.24. The van der Waals surface area contributed by atoms with Crippen molar-refractivity contribution in [2.75, 3.05) is 7.11 Å². The number of rotatable bonds is 14. The van der Waals surface area contributed by atoms with Crippen LogP contribution in [0.15, 0.2) is 97.2 Å². The molecule has 0 aliphatic rings. The average Bonchev–Trinajstić information content (AvgIpc) is 3.55. The number of benzene rings is 4. The standard InChI is InChI=1S/C42H45N5O9/c1-42(2,3)56-41(54)46-34(22-29-24-44-33-15-8-7-14-31(29)33)39(52)47(36(48)21-25-10-9-13-30(19-25)55-4)40(53)35(23-37(49)50)45-38(51)32(43)20-26-16-17-27-11-5-6-12-28(27)18-26/h5-19,24,32,34-35,44H,20-23,43H2,1-4H3,(H,45,51)(H,46,54)(H,49,50)/t32-,34-,35-/m0/s1. The quantitative estimate of drug-likeness (QED) is 0.108. The van der Waals surface area contributed by atoms with Crippen molar-refractivity contribution in [1.82, 2.24) is 20.5 Å². The molecule has 5 amide bonds. The molecule has 292 valence electrons. The number of nitrogens with one attached hydrogen (secondary N) is 3. The highest BCUT2D eigenvalue weighted by Crippen LogP contribution is 2.22. The summed E-state index contributed by atoms with van der Waals surface area (Å²) in [5.41, 5.74) is 7.68. The molecule has 6 N–H and O–H groups in total. The Kier molecular flexibility index (Phi) is 12.9. The molecule has 0 bridgehead atoms. The summed E-state index contributed by atoms with van der Waals surface area (Å²) in [4.78, 5) is 85.5. The van der Waals surface area contributed by atoms with Crippen molar-refractivity contribution in [2.24, 2.45) is 5.73 Å². The number of imide groups is 3. The summed E-state index contributed by atoms with van der Waals surface area (Å²) in [6.07, 6.45) is -1.03. The number of nitrogens with two attached hydrogens (primary N) is 1. The first-order valence-corrected chi connectivity index (χ1v) is 18.0. The Hall–Kier alpha value is -6.54. The van der Waals surface area contributed by atoms with Crippen molar-refractivity contribution >= 4 is 57.4 Å². The van der Waals surface area contributed by atoms with Crippen molar-refractivity contribution in [3.63, 3.8) is 0 Å². The highest BCUT2D eigenvalue weighted by atomic mass is 16.6. The fraction of sp³-hybridized carbons (Fsp3) is 0.286. The van der Waals surface area contributed by atoms with E-state index in [0.29, 0.717) is 32.7 Å². The summed E-state index contributed by atoms with van der Waals surface area (Å²) in [6, 6.07) is 22.0. The van der Waals surface area contributed by atoms with Gasteiger partial charge in [0.05, 0.1) is 26.0 Å². The number of carbonyl (C=O) groups excluding carboxylic acids is 5. The summed E-state index contributed by atoms with van der Waals surface area (Å²) in [7, 11) is 1.43. The first-order valence-electron chi connectivity index (χ1n) is 18.0. The van der Waals surface area contributed by atoms with Crippen LogP contribution in [0.1, 0.15) is 43.9 Å². The third-order valence-corrected chi connectivity index (χ3v) is 8.87. The van der Waals surface area contributed by atoms with Crippen LogP contribution in [-0.2, 0) is 48.0 Å². The summed E-state index contributed by atoms with van der Waals surface area (Å²) < 4.78 is 10.7. The Morgan fingerprint density at radius 1 is 0.804 bits per heavy atom. The number of para-hydroxylation sites is 1. The van der Waals surface area contributed by atoms with Crippen LogP contribution in [0.4, 0.5) is 4.79 Å². The van der Waals surface area contributed by atoms with Gasteiger partial charge >= 0.3 is 12.1 Å². The zero-order valence-electron chi connectivity index (χ0n) is 31.5. The zero-order valence-corrected chi connectivity index (χ0v) is 31.5. The number of ether oxygens (including phenoxy) is 2. The Balaban J connectivity index is 1.49. The molecule has 3 atom stereocenters. The largest absolute Gasteiger partial charge is 0.497 e. The van der Waals surface area contributed by atoms with Crippen molar-refractivity contribution in [2.45, 2.75) is 70.2 Å².